The summed E-state index contributed by atoms with van der Waals surface area (Å²) in [5.41, 5.74) is 0.786. The Morgan fingerprint density at radius 1 is 1.31 bits per heavy atom. The number of hydrogen-bond acceptors (Lipinski definition) is 2. The quantitative estimate of drug-likeness (QED) is 0.750. The van der Waals surface area contributed by atoms with Crippen LogP contribution < -0.4 is 0 Å². The fourth-order valence-corrected chi connectivity index (χ4v) is 1.31. The number of rotatable bonds is 3. The Kier molecular flexibility index (Phi) is 3.32. The topological polar surface area (TPSA) is 40.5 Å². The maximum Gasteiger partial charge on any atom is 0.115 e. The van der Waals surface area contributed by atoms with Crippen molar-refractivity contribution in [2.75, 3.05) is 0 Å². The largest absolute Gasteiger partial charge is 0.508 e. The molecule has 0 fully saturated rings. The number of benzene rings is 1. The van der Waals surface area contributed by atoms with Crippen molar-refractivity contribution in [1.29, 1.82) is 0 Å². The maximum absolute atomic E-state index is 9.70. The standard InChI is InChI=1S/C11H16O2/c1-8(2)6-11(13)9-4-3-5-10(12)7-9/h3-5,7-8,11-13H,6H2,1-2H3. The molecule has 1 rings (SSSR count). The van der Waals surface area contributed by atoms with Crippen LogP contribution in [0.4, 0.5) is 0 Å². The Labute approximate surface area is 78.8 Å². The van der Waals surface area contributed by atoms with Crippen LogP contribution in [-0.4, -0.2) is 10.2 Å². The molecule has 1 aromatic carbocycles. The molecule has 13 heavy (non-hydrogen) atoms. The van der Waals surface area contributed by atoms with E-state index in [0.29, 0.717) is 5.92 Å². The molecule has 0 saturated heterocycles. The van der Waals surface area contributed by atoms with E-state index in [9.17, 15) is 10.2 Å². The second-order valence-electron chi connectivity index (χ2n) is 3.74. The van der Waals surface area contributed by atoms with Crippen LogP contribution in [-0.2, 0) is 0 Å². The van der Waals surface area contributed by atoms with Crippen molar-refractivity contribution in [3.63, 3.8) is 0 Å². The molecule has 2 heteroatoms. The first kappa shape index (κ1) is 10.1. The molecule has 1 unspecified atom stereocenters. The monoisotopic (exact) mass is 180 g/mol. The van der Waals surface area contributed by atoms with Crippen molar-refractivity contribution in [2.45, 2.75) is 26.4 Å². The minimum atomic E-state index is -0.466. The SMILES string of the molecule is CC(C)CC(O)c1cccc(O)c1. The van der Waals surface area contributed by atoms with Gasteiger partial charge in [-0.1, -0.05) is 26.0 Å². The molecule has 2 N–H and O–H groups in total. The van der Waals surface area contributed by atoms with E-state index in [1.165, 1.54) is 0 Å². The molecule has 1 atom stereocenters. The number of phenols is 1. The number of aromatic hydroxyl groups is 1. The van der Waals surface area contributed by atoms with E-state index in [1.54, 1.807) is 18.2 Å². The van der Waals surface area contributed by atoms with Gasteiger partial charge in [0, 0.05) is 0 Å². The van der Waals surface area contributed by atoms with Gasteiger partial charge in [-0.25, -0.2) is 0 Å². The van der Waals surface area contributed by atoms with Gasteiger partial charge in [-0.15, -0.1) is 0 Å². The van der Waals surface area contributed by atoms with Gasteiger partial charge in [0.15, 0.2) is 0 Å². The highest BCUT2D eigenvalue weighted by atomic mass is 16.3. The molecule has 2 nitrogen and oxygen atoms in total. The molecule has 0 aliphatic carbocycles. The highest BCUT2D eigenvalue weighted by Crippen LogP contribution is 2.23. The molecule has 0 aliphatic heterocycles. The lowest BCUT2D eigenvalue weighted by Gasteiger charge is -2.13. The summed E-state index contributed by atoms with van der Waals surface area (Å²) in [6.07, 6.45) is 0.260. The van der Waals surface area contributed by atoms with E-state index < -0.39 is 6.10 Å². The Morgan fingerprint density at radius 2 is 2.00 bits per heavy atom. The van der Waals surface area contributed by atoms with Crippen LogP contribution in [0.1, 0.15) is 31.9 Å². The van der Waals surface area contributed by atoms with Crippen molar-refractivity contribution in [3.8, 4) is 5.75 Å². The Morgan fingerprint density at radius 3 is 2.54 bits per heavy atom. The van der Waals surface area contributed by atoms with Gasteiger partial charge in [-0.05, 0) is 30.0 Å². The molecule has 0 radical (unpaired) electrons. The fraction of sp³-hybridized carbons (Fsp3) is 0.455. The first-order chi connectivity index (χ1) is 6.09. The molecule has 0 amide bonds. The summed E-state index contributed by atoms with van der Waals surface area (Å²) in [5, 5.41) is 18.9. The van der Waals surface area contributed by atoms with E-state index in [4.69, 9.17) is 0 Å². The van der Waals surface area contributed by atoms with Gasteiger partial charge in [0.1, 0.15) is 5.75 Å². The minimum Gasteiger partial charge on any atom is -0.508 e. The number of hydrogen-bond donors (Lipinski definition) is 2. The van der Waals surface area contributed by atoms with E-state index in [2.05, 4.69) is 13.8 Å². The van der Waals surface area contributed by atoms with Crippen LogP contribution in [0.3, 0.4) is 0 Å². The second kappa shape index (κ2) is 4.28. The Balaban J connectivity index is 2.71. The molecule has 0 saturated carbocycles. The average Bonchev–Trinajstić information content (AvgIpc) is 2.03. The van der Waals surface area contributed by atoms with Gasteiger partial charge in [0.25, 0.3) is 0 Å². The van der Waals surface area contributed by atoms with E-state index >= 15 is 0 Å². The zero-order valence-electron chi connectivity index (χ0n) is 8.07. The third-order valence-electron chi connectivity index (χ3n) is 1.95. The van der Waals surface area contributed by atoms with Crippen molar-refractivity contribution < 1.29 is 10.2 Å². The molecule has 0 aliphatic rings. The lowest BCUT2D eigenvalue weighted by Crippen LogP contribution is -2.01. The van der Waals surface area contributed by atoms with Crippen LogP contribution in [0, 0.1) is 5.92 Å². The predicted octanol–water partition coefficient (Wildman–Crippen LogP) is 2.47. The second-order valence-corrected chi connectivity index (χ2v) is 3.74. The molecule has 0 bridgehead atoms. The highest BCUT2D eigenvalue weighted by molar-refractivity contribution is 5.28. The summed E-state index contributed by atoms with van der Waals surface area (Å²) in [6, 6.07) is 6.78. The highest BCUT2D eigenvalue weighted by Gasteiger charge is 2.09. The fourth-order valence-electron chi connectivity index (χ4n) is 1.31. The van der Waals surface area contributed by atoms with E-state index in [1.807, 2.05) is 6.07 Å². The van der Waals surface area contributed by atoms with Crippen LogP contribution >= 0.6 is 0 Å². The number of aliphatic hydroxyl groups is 1. The molecular weight excluding hydrogens is 164 g/mol. The summed E-state index contributed by atoms with van der Waals surface area (Å²) in [7, 11) is 0. The van der Waals surface area contributed by atoms with Crippen LogP contribution in [0.15, 0.2) is 24.3 Å². The molecule has 72 valence electrons. The number of aliphatic hydroxyl groups excluding tert-OH is 1. The normalized spacial score (nSPS) is 13.2. The third-order valence-corrected chi connectivity index (χ3v) is 1.95. The average molecular weight is 180 g/mol. The first-order valence-corrected chi connectivity index (χ1v) is 4.56. The zero-order chi connectivity index (χ0) is 9.84. The van der Waals surface area contributed by atoms with Crippen molar-refractivity contribution in [1.82, 2.24) is 0 Å². The summed E-state index contributed by atoms with van der Waals surface area (Å²) in [6.45, 7) is 4.12. The summed E-state index contributed by atoms with van der Waals surface area (Å²) in [5.74, 6) is 0.664. The molecular formula is C11H16O2. The smallest absolute Gasteiger partial charge is 0.115 e. The van der Waals surface area contributed by atoms with Crippen molar-refractivity contribution in [2.24, 2.45) is 5.92 Å². The van der Waals surface area contributed by atoms with Gasteiger partial charge in [-0.3, -0.25) is 0 Å². The molecule has 0 spiro atoms. The maximum atomic E-state index is 9.70. The first-order valence-electron chi connectivity index (χ1n) is 4.56. The van der Waals surface area contributed by atoms with Gasteiger partial charge in [-0.2, -0.15) is 0 Å². The van der Waals surface area contributed by atoms with E-state index in [-0.39, 0.29) is 5.75 Å². The van der Waals surface area contributed by atoms with Crippen LogP contribution in [0.5, 0.6) is 5.75 Å². The molecule has 0 aromatic heterocycles. The molecule has 1 aromatic rings. The Bertz CT molecular complexity index is 269. The lowest BCUT2D eigenvalue weighted by atomic mass is 10.00. The number of phenolic OH excluding ortho intramolecular Hbond substituents is 1. The third kappa shape index (κ3) is 3.07. The Hall–Kier alpha value is -1.02. The zero-order valence-corrected chi connectivity index (χ0v) is 8.07. The summed E-state index contributed by atoms with van der Waals surface area (Å²) >= 11 is 0. The van der Waals surface area contributed by atoms with Gasteiger partial charge >= 0.3 is 0 Å². The van der Waals surface area contributed by atoms with Crippen LogP contribution in [0.25, 0.3) is 0 Å². The van der Waals surface area contributed by atoms with E-state index in [0.717, 1.165) is 12.0 Å². The van der Waals surface area contributed by atoms with Gasteiger partial charge in [0.2, 0.25) is 0 Å². The lowest BCUT2D eigenvalue weighted by molar-refractivity contribution is 0.150. The van der Waals surface area contributed by atoms with Gasteiger partial charge < -0.3 is 10.2 Å². The summed E-state index contributed by atoms with van der Waals surface area (Å²) < 4.78 is 0. The van der Waals surface area contributed by atoms with Crippen LogP contribution in [0.2, 0.25) is 0 Å². The van der Waals surface area contributed by atoms with Crippen molar-refractivity contribution in [3.05, 3.63) is 29.8 Å². The predicted molar refractivity (Wildman–Crippen MR) is 52.5 cm³/mol. The van der Waals surface area contributed by atoms with Gasteiger partial charge in [0.05, 0.1) is 6.10 Å². The molecule has 0 heterocycles. The van der Waals surface area contributed by atoms with Crippen molar-refractivity contribution >= 4 is 0 Å². The summed E-state index contributed by atoms with van der Waals surface area (Å²) in [4.78, 5) is 0. The minimum absolute atomic E-state index is 0.209.